The molecule has 0 saturated carbocycles. The number of hydrogen-bond acceptors (Lipinski definition) is 3. The number of carbonyl (C=O) groups is 1. The van der Waals surface area contributed by atoms with E-state index in [2.05, 4.69) is 0 Å². The second-order valence-electron chi connectivity index (χ2n) is 3.56. The van der Waals surface area contributed by atoms with Crippen molar-refractivity contribution in [1.29, 1.82) is 0 Å². The van der Waals surface area contributed by atoms with Crippen LogP contribution >= 0.6 is 0 Å². The molecule has 2 rings (SSSR count). The van der Waals surface area contributed by atoms with Gasteiger partial charge in [0.1, 0.15) is 6.61 Å². The molecule has 0 fully saturated rings. The molecular formula is C11H12O3. The van der Waals surface area contributed by atoms with Gasteiger partial charge in [0.2, 0.25) is 0 Å². The lowest BCUT2D eigenvalue weighted by molar-refractivity contribution is 0.0535. The third kappa shape index (κ3) is 1.21. The maximum Gasteiger partial charge on any atom is 0.338 e. The number of ether oxygens (including phenoxy) is 1. The average Bonchev–Trinajstić information content (AvgIpc) is 2.49. The molecule has 1 aromatic carbocycles. The Hall–Kier alpha value is -1.35. The van der Waals surface area contributed by atoms with Crippen molar-refractivity contribution in [2.45, 2.75) is 26.6 Å². The third-order valence-electron chi connectivity index (χ3n) is 2.66. The molecule has 0 saturated heterocycles. The zero-order valence-corrected chi connectivity index (χ0v) is 8.20. The minimum absolute atomic E-state index is 0.264. The van der Waals surface area contributed by atoms with Gasteiger partial charge in [-0.1, -0.05) is 6.07 Å². The van der Waals surface area contributed by atoms with E-state index in [1.54, 1.807) is 19.1 Å². The monoisotopic (exact) mass is 192 g/mol. The van der Waals surface area contributed by atoms with Crippen LogP contribution in [0.4, 0.5) is 0 Å². The Kier molecular flexibility index (Phi) is 2.04. The van der Waals surface area contributed by atoms with Crippen molar-refractivity contribution in [2.24, 2.45) is 0 Å². The molecule has 1 aliphatic rings. The fourth-order valence-electron chi connectivity index (χ4n) is 1.82. The molecule has 3 nitrogen and oxygen atoms in total. The number of benzene rings is 1. The van der Waals surface area contributed by atoms with Crippen LogP contribution in [0.15, 0.2) is 12.1 Å². The fourth-order valence-corrected chi connectivity index (χ4v) is 1.82. The molecular weight excluding hydrogens is 180 g/mol. The number of carbonyl (C=O) groups excluding carboxylic acids is 1. The molecule has 74 valence electrons. The Morgan fingerprint density at radius 1 is 1.50 bits per heavy atom. The summed E-state index contributed by atoms with van der Waals surface area (Å²) in [5.41, 5.74) is 3.37. The molecule has 1 atom stereocenters. The van der Waals surface area contributed by atoms with E-state index in [0.717, 1.165) is 16.7 Å². The van der Waals surface area contributed by atoms with E-state index in [0.29, 0.717) is 12.2 Å². The predicted molar refractivity (Wildman–Crippen MR) is 50.9 cm³/mol. The first-order valence-corrected chi connectivity index (χ1v) is 4.59. The molecule has 0 bridgehead atoms. The second kappa shape index (κ2) is 3.10. The van der Waals surface area contributed by atoms with Crippen LogP contribution in [0.5, 0.6) is 0 Å². The van der Waals surface area contributed by atoms with Crippen LogP contribution in [0.3, 0.4) is 0 Å². The highest BCUT2D eigenvalue weighted by Crippen LogP contribution is 2.28. The topological polar surface area (TPSA) is 46.5 Å². The summed E-state index contributed by atoms with van der Waals surface area (Å²) in [5.74, 6) is -0.264. The van der Waals surface area contributed by atoms with Crippen molar-refractivity contribution in [1.82, 2.24) is 0 Å². The van der Waals surface area contributed by atoms with Crippen molar-refractivity contribution in [3.8, 4) is 0 Å². The number of esters is 1. The van der Waals surface area contributed by atoms with Gasteiger partial charge < -0.3 is 9.84 Å². The molecule has 14 heavy (non-hydrogen) atoms. The zero-order valence-electron chi connectivity index (χ0n) is 8.20. The number of aliphatic hydroxyl groups excluding tert-OH is 1. The summed E-state index contributed by atoms with van der Waals surface area (Å²) in [6.07, 6.45) is -0.504. The van der Waals surface area contributed by atoms with Gasteiger partial charge in [-0.2, -0.15) is 0 Å². The van der Waals surface area contributed by atoms with Gasteiger partial charge >= 0.3 is 5.97 Å². The minimum Gasteiger partial charge on any atom is -0.457 e. The van der Waals surface area contributed by atoms with E-state index in [-0.39, 0.29) is 5.97 Å². The SMILES string of the molecule is Cc1c([C@H](C)O)ccc2c1COC2=O. The van der Waals surface area contributed by atoms with Crippen molar-refractivity contribution < 1.29 is 14.6 Å². The average molecular weight is 192 g/mol. The van der Waals surface area contributed by atoms with E-state index in [1.165, 1.54) is 0 Å². The molecule has 0 radical (unpaired) electrons. The Bertz CT molecular complexity index is 394. The van der Waals surface area contributed by atoms with E-state index >= 15 is 0 Å². The number of fused-ring (bicyclic) bond motifs is 1. The number of aliphatic hydroxyl groups is 1. The molecule has 1 aliphatic heterocycles. The highest BCUT2D eigenvalue weighted by molar-refractivity contribution is 5.93. The van der Waals surface area contributed by atoms with E-state index in [9.17, 15) is 9.90 Å². The summed E-state index contributed by atoms with van der Waals surface area (Å²) >= 11 is 0. The Morgan fingerprint density at radius 3 is 2.86 bits per heavy atom. The quantitative estimate of drug-likeness (QED) is 0.689. The first-order chi connectivity index (χ1) is 6.61. The second-order valence-corrected chi connectivity index (χ2v) is 3.56. The van der Waals surface area contributed by atoms with Gasteiger partial charge in [-0.25, -0.2) is 4.79 Å². The van der Waals surface area contributed by atoms with Gasteiger partial charge in [-0.05, 0) is 31.0 Å². The van der Waals surface area contributed by atoms with E-state index < -0.39 is 6.10 Å². The fraction of sp³-hybridized carbons (Fsp3) is 0.364. The van der Waals surface area contributed by atoms with Gasteiger partial charge in [-0.15, -0.1) is 0 Å². The lowest BCUT2D eigenvalue weighted by atomic mass is 9.96. The maximum absolute atomic E-state index is 11.2. The first kappa shape index (κ1) is 9.21. The normalized spacial score (nSPS) is 16.4. The summed E-state index contributed by atoms with van der Waals surface area (Å²) < 4.78 is 4.92. The Morgan fingerprint density at radius 2 is 2.21 bits per heavy atom. The molecule has 0 aromatic heterocycles. The molecule has 1 N–H and O–H groups in total. The van der Waals surface area contributed by atoms with Crippen LogP contribution in [-0.2, 0) is 11.3 Å². The van der Waals surface area contributed by atoms with Crippen LogP contribution in [0.25, 0.3) is 0 Å². The summed E-state index contributed by atoms with van der Waals surface area (Å²) in [5, 5.41) is 9.48. The van der Waals surface area contributed by atoms with Crippen LogP contribution in [0.1, 0.15) is 40.1 Å². The molecule has 0 unspecified atom stereocenters. The van der Waals surface area contributed by atoms with E-state index in [1.807, 2.05) is 6.92 Å². The van der Waals surface area contributed by atoms with Gasteiger partial charge in [-0.3, -0.25) is 0 Å². The molecule has 0 aliphatic carbocycles. The highest BCUT2D eigenvalue weighted by Gasteiger charge is 2.24. The summed E-state index contributed by atoms with van der Waals surface area (Å²) in [7, 11) is 0. The number of hydrogen-bond donors (Lipinski definition) is 1. The molecule has 1 heterocycles. The van der Waals surface area contributed by atoms with Crippen LogP contribution in [0, 0.1) is 6.92 Å². The Labute approximate surface area is 82.3 Å². The summed E-state index contributed by atoms with van der Waals surface area (Å²) in [4.78, 5) is 11.2. The molecule has 0 spiro atoms. The van der Waals surface area contributed by atoms with Gasteiger partial charge in [0.05, 0.1) is 11.7 Å². The molecule has 3 heteroatoms. The highest BCUT2D eigenvalue weighted by atomic mass is 16.5. The summed E-state index contributed by atoms with van der Waals surface area (Å²) in [6.45, 7) is 3.95. The first-order valence-electron chi connectivity index (χ1n) is 4.59. The predicted octanol–water partition coefficient (Wildman–Crippen LogP) is 1.72. The largest absolute Gasteiger partial charge is 0.457 e. The van der Waals surface area contributed by atoms with E-state index in [4.69, 9.17) is 4.74 Å². The Balaban J connectivity index is 2.58. The van der Waals surface area contributed by atoms with Gasteiger partial charge in [0.15, 0.2) is 0 Å². The zero-order chi connectivity index (χ0) is 10.3. The standard InChI is InChI=1S/C11H12O3/c1-6-8(7(2)12)3-4-9-10(6)5-14-11(9)13/h3-4,7,12H,5H2,1-2H3/t7-/m0/s1. The van der Waals surface area contributed by atoms with Crippen LogP contribution < -0.4 is 0 Å². The smallest absolute Gasteiger partial charge is 0.338 e. The molecule has 1 aromatic rings. The number of rotatable bonds is 1. The third-order valence-corrected chi connectivity index (χ3v) is 2.66. The number of cyclic esters (lactones) is 1. The lowest BCUT2D eigenvalue weighted by Gasteiger charge is -2.10. The van der Waals surface area contributed by atoms with Crippen LogP contribution in [0.2, 0.25) is 0 Å². The van der Waals surface area contributed by atoms with Gasteiger partial charge in [0, 0.05) is 5.56 Å². The van der Waals surface area contributed by atoms with Crippen molar-refractivity contribution in [3.63, 3.8) is 0 Å². The maximum atomic E-state index is 11.2. The van der Waals surface area contributed by atoms with Gasteiger partial charge in [0.25, 0.3) is 0 Å². The lowest BCUT2D eigenvalue weighted by Crippen LogP contribution is -2.00. The van der Waals surface area contributed by atoms with Crippen molar-refractivity contribution in [3.05, 3.63) is 34.4 Å². The van der Waals surface area contributed by atoms with Crippen molar-refractivity contribution in [2.75, 3.05) is 0 Å². The van der Waals surface area contributed by atoms with Crippen LogP contribution in [-0.4, -0.2) is 11.1 Å². The summed E-state index contributed by atoms with van der Waals surface area (Å²) in [6, 6.07) is 3.51. The minimum atomic E-state index is -0.504. The van der Waals surface area contributed by atoms with Crippen molar-refractivity contribution >= 4 is 5.97 Å². The molecule has 0 amide bonds.